The number of ether oxygens (including phenoxy) is 2. The lowest BCUT2D eigenvalue weighted by Gasteiger charge is -2.29. The zero-order valence-corrected chi connectivity index (χ0v) is 18.3. The molecule has 1 amide bonds. The van der Waals surface area contributed by atoms with Crippen LogP contribution in [-0.2, 0) is 4.74 Å². The number of nitriles is 1. The second kappa shape index (κ2) is 8.52. The maximum Gasteiger partial charge on any atom is 0.429 e. The van der Waals surface area contributed by atoms with E-state index in [2.05, 4.69) is 6.07 Å². The van der Waals surface area contributed by atoms with Crippen molar-refractivity contribution in [1.29, 1.82) is 5.26 Å². The maximum atomic E-state index is 13.5. The zero-order valence-electron chi connectivity index (χ0n) is 18.3. The first kappa shape index (κ1) is 21.9. The molecule has 1 aromatic heterocycles. The highest BCUT2D eigenvalue weighted by Crippen LogP contribution is 2.32. The fraction of sp³-hybridized carbons (Fsp3) is 0.292. The number of carbonyl (C=O) groups is 1. The fourth-order valence-corrected chi connectivity index (χ4v) is 3.39. The smallest absolute Gasteiger partial charge is 0.429 e. The minimum atomic E-state index is -0.757. The Kier molecular flexibility index (Phi) is 6.02. The number of rotatable bonds is 4. The van der Waals surface area contributed by atoms with Gasteiger partial charge in [0.1, 0.15) is 17.4 Å². The average Bonchev–Trinajstić information content (AvgIpc) is 2.74. The molecule has 0 spiro atoms. The lowest BCUT2D eigenvalue weighted by molar-refractivity contribution is 0.0538. The second-order valence-corrected chi connectivity index (χ2v) is 7.93. The third kappa shape index (κ3) is 4.24. The summed E-state index contributed by atoms with van der Waals surface area (Å²) in [5.74, 6) is 0.560. The van der Waals surface area contributed by atoms with Gasteiger partial charge >= 0.3 is 6.09 Å². The first-order chi connectivity index (χ1) is 14.7. The number of carbonyl (C=O) groups excluding carboxylic acids is 1. The first-order valence-electron chi connectivity index (χ1n) is 9.95. The number of nitrogens with zero attached hydrogens (tertiary/aromatic N) is 3. The molecular weight excluding hydrogens is 394 g/mol. The van der Waals surface area contributed by atoms with Crippen molar-refractivity contribution in [3.8, 4) is 22.9 Å². The van der Waals surface area contributed by atoms with E-state index >= 15 is 0 Å². The summed E-state index contributed by atoms with van der Waals surface area (Å²) in [6.45, 7) is 7.09. The van der Waals surface area contributed by atoms with Gasteiger partial charge in [0.2, 0.25) is 0 Å². The van der Waals surface area contributed by atoms with Crippen molar-refractivity contribution in [2.75, 3.05) is 18.7 Å². The Morgan fingerprint density at radius 3 is 2.35 bits per heavy atom. The molecule has 3 rings (SSSR count). The zero-order chi connectivity index (χ0) is 22.8. The normalized spacial score (nSPS) is 11.1. The Morgan fingerprint density at radius 2 is 1.81 bits per heavy atom. The van der Waals surface area contributed by atoms with Gasteiger partial charge in [0.15, 0.2) is 5.69 Å². The fourth-order valence-electron chi connectivity index (χ4n) is 3.39. The molecule has 0 radical (unpaired) electrons. The molecule has 0 saturated heterocycles. The Balaban J connectivity index is 2.43. The molecule has 0 aliphatic heterocycles. The quantitative estimate of drug-likeness (QED) is 0.624. The number of hydrogen-bond acceptors (Lipinski definition) is 5. The van der Waals surface area contributed by atoms with Gasteiger partial charge in [0, 0.05) is 22.9 Å². The number of pyridine rings is 1. The average molecular weight is 419 g/mol. The molecule has 3 aromatic rings. The second-order valence-electron chi connectivity index (χ2n) is 7.93. The predicted molar refractivity (Wildman–Crippen MR) is 120 cm³/mol. The number of fused-ring (bicyclic) bond motifs is 1. The molecular formula is C24H25N3O4. The van der Waals surface area contributed by atoms with Crippen LogP contribution in [0.3, 0.4) is 0 Å². The lowest BCUT2D eigenvalue weighted by Crippen LogP contribution is -2.49. The molecule has 160 valence electrons. The van der Waals surface area contributed by atoms with E-state index in [-0.39, 0.29) is 12.2 Å². The van der Waals surface area contributed by atoms with Crippen molar-refractivity contribution in [2.24, 2.45) is 0 Å². The number of methoxy groups -OCH3 is 1. The minimum Gasteiger partial charge on any atom is -0.497 e. The van der Waals surface area contributed by atoms with Gasteiger partial charge in [0.25, 0.3) is 5.56 Å². The van der Waals surface area contributed by atoms with Gasteiger partial charge in [-0.05, 0) is 51.5 Å². The van der Waals surface area contributed by atoms with Crippen molar-refractivity contribution >= 4 is 16.9 Å². The molecule has 0 aliphatic rings. The van der Waals surface area contributed by atoms with Crippen LogP contribution in [0.1, 0.15) is 33.4 Å². The number of aromatic nitrogens is 1. The molecule has 0 bridgehead atoms. The van der Waals surface area contributed by atoms with Crippen LogP contribution in [0, 0.1) is 11.3 Å². The van der Waals surface area contributed by atoms with Crippen LogP contribution in [0.25, 0.3) is 21.9 Å². The van der Waals surface area contributed by atoms with Gasteiger partial charge in [0.05, 0.1) is 7.11 Å². The van der Waals surface area contributed by atoms with E-state index < -0.39 is 17.3 Å². The molecule has 0 fully saturated rings. The van der Waals surface area contributed by atoms with Crippen LogP contribution in [0.2, 0.25) is 0 Å². The molecule has 2 aromatic carbocycles. The van der Waals surface area contributed by atoms with E-state index in [1.54, 1.807) is 45.9 Å². The van der Waals surface area contributed by atoms with Crippen LogP contribution in [0.15, 0.2) is 53.3 Å². The van der Waals surface area contributed by atoms with Crippen LogP contribution in [0.5, 0.6) is 5.75 Å². The molecule has 1 heterocycles. The van der Waals surface area contributed by atoms with Crippen molar-refractivity contribution < 1.29 is 14.3 Å². The predicted octanol–water partition coefficient (Wildman–Crippen LogP) is 4.44. The van der Waals surface area contributed by atoms with Crippen LogP contribution < -0.4 is 15.3 Å². The highest BCUT2D eigenvalue weighted by Gasteiger charge is 2.28. The van der Waals surface area contributed by atoms with Crippen LogP contribution in [-0.4, -0.2) is 30.0 Å². The van der Waals surface area contributed by atoms with E-state index in [4.69, 9.17) is 9.47 Å². The molecule has 31 heavy (non-hydrogen) atoms. The Hall–Kier alpha value is -3.79. The highest BCUT2D eigenvalue weighted by molar-refractivity contribution is 5.99. The van der Waals surface area contributed by atoms with E-state index in [0.29, 0.717) is 22.1 Å². The number of amides is 1. The molecule has 0 aliphatic carbocycles. The summed E-state index contributed by atoms with van der Waals surface area (Å²) in [5.41, 5.74) is 0.0871. The summed E-state index contributed by atoms with van der Waals surface area (Å²) in [6, 6.07) is 16.5. The topological polar surface area (TPSA) is 84.6 Å². The van der Waals surface area contributed by atoms with Gasteiger partial charge in [-0.1, -0.05) is 30.3 Å². The Morgan fingerprint density at radius 1 is 1.13 bits per heavy atom. The van der Waals surface area contributed by atoms with E-state index in [1.165, 1.54) is 7.11 Å². The third-order valence-corrected chi connectivity index (χ3v) is 4.68. The molecule has 0 N–H and O–H groups in total. The lowest BCUT2D eigenvalue weighted by atomic mass is 9.97. The molecule has 0 atom stereocenters. The van der Waals surface area contributed by atoms with Gasteiger partial charge < -0.3 is 9.47 Å². The minimum absolute atomic E-state index is 0.0460. The maximum absolute atomic E-state index is 13.5. The Bertz CT molecular complexity index is 1220. The summed E-state index contributed by atoms with van der Waals surface area (Å²) >= 11 is 0. The molecule has 0 saturated carbocycles. The number of benzene rings is 2. The summed E-state index contributed by atoms with van der Waals surface area (Å²) < 4.78 is 12.0. The monoisotopic (exact) mass is 419 g/mol. The van der Waals surface area contributed by atoms with Gasteiger partial charge in [-0.15, -0.1) is 0 Å². The Labute approximate surface area is 181 Å². The molecule has 7 nitrogen and oxygen atoms in total. The van der Waals surface area contributed by atoms with E-state index in [9.17, 15) is 14.9 Å². The first-order valence-corrected chi connectivity index (χ1v) is 9.95. The molecule has 0 unspecified atom stereocenters. The van der Waals surface area contributed by atoms with Crippen LogP contribution >= 0.6 is 0 Å². The van der Waals surface area contributed by atoms with Crippen molar-refractivity contribution in [1.82, 2.24) is 4.68 Å². The van der Waals surface area contributed by atoms with E-state index in [1.807, 2.05) is 30.3 Å². The molecule has 7 heteroatoms. The van der Waals surface area contributed by atoms with Crippen LogP contribution in [0.4, 0.5) is 4.79 Å². The summed E-state index contributed by atoms with van der Waals surface area (Å²) in [7, 11) is 1.54. The largest absolute Gasteiger partial charge is 0.497 e. The van der Waals surface area contributed by atoms with Crippen molar-refractivity contribution in [3.05, 3.63) is 64.6 Å². The summed E-state index contributed by atoms with van der Waals surface area (Å²) in [6.07, 6.45) is -0.708. The van der Waals surface area contributed by atoms with Crippen molar-refractivity contribution in [3.63, 3.8) is 0 Å². The summed E-state index contributed by atoms with van der Waals surface area (Å²) in [4.78, 5) is 26.4. The van der Waals surface area contributed by atoms with Gasteiger partial charge in [-0.3, -0.25) is 4.79 Å². The van der Waals surface area contributed by atoms with Gasteiger partial charge in [-0.25, -0.2) is 14.5 Å². The SMILES string of the molecule is CCN(C(=O)OC(C)(C)C)n1c(C#N)c(-c2ccccc2)c2cc(OC)ccc2c1=O. The van der Waals surface area contributed by atoms with Crippen molar-refractivity contribution in [2.45, 2.75) is 33.3 Å². The summed E-state index contributed by atoms with van der Waals surface area (Å²) in [5, 5.41) is 12.2. The van der Waals surface area contributed by atoms with Gasteiger partial charge in [-0.2, -0.15) is 5.26 Å². The number of hydrogen-bond donors (Lipinski definition) is 0. The highest BCUT2D eigenvalue weighted by atomic mass is 16.6. The third-order valence-electron chi connectivity index (χ3n) is 4.68. The standard InChI is InChI=1S/C24H25N3O4/c1-6-26(23(29)31-24(2,3)4)27-20(15-25)21(16-10-8-7-9-11-16)19-14-17(30-5)12-13-18(19)22(27)28/h7-14H,6H2,1-5H3. The van der Waals surface area contributed by atoms with E-state index in [0.717, 1.165) is 15.2 Å².